The summed E-state index contributed by atoms with van der Waals surface area (Å²) in [5, 5.41) is 3.83. The molecule has 3 heterocycles. The number of piperidine rings is 3. The van der Waals surface area contributed by atoms with Gasteiger partial charge in [-0.1, -0.05) is 6.92 Å². The molecule has 74 valence electrons. The third-order valence-electron chi connectivity index (χ3n) is 4.19. The van der Waals surface area contributed by atoms with E-state index in [1.807, 2.05) is 0 Å². The molecule has 4 rings (SSSR count). The Morgan fingerprint density at radius 1 is 1.15 bits per heavy atom. The molecule has 3 aliphatic heterocycles. The van der Waals surface area contributed by atoms with Crippen LogP contribution in [-0.4, -0.2) is 36.6 Å². The van der Waals surface area contributed by atoms with Crippen molar-refractivity contribution in [2.45, 2.75) is 38.3 Å². The van der Waals surface area contributed by atoms with Crippen molar-refractivity contribution >= 4 is 0 Å². The van der Waals surface area contributed by atoms with E-state index in [1.54, 1.807) is 0 Å². The van der Waals surface area contributed by atoms with Gasteiger partial charge in [0.05, 0.1) is 0 Å². The van der Waals surface area contributed by atoms with Crippen molar-refractivity contribution < 1.29 is 0 Å². The van der Waals surface area contributed by atoms with Crippen LogP contribution >= 0.6 is 0 Å². The van der Waals surface area contributed by atoms with Crippen LogP contribution in [0.4, 0.5) is 0 Å². The molecule has 0 radical (unpaired) electrons. The predicted octanol–water partition coefficient (Wildman–Crippen LogP) is 1.08. The maximum atomic E-state index is 3.83. The van der Waals surface area contributed by atoms with Crippen LogP contribution in [-0.2, 0) is 0 Å². The average molecular weight is 180 g/mol. The number of hydrogen-bond donors (Lipinski definition) is 1. The molecule has 1 N–H and O–H groups in total. The largest absolute Gasteiger partial charge is 0.309 e. The molecule has 2 nitrogen and oxygen atoms in total. The minimum absolute atomic E-state index is 0.831. The van der Waals surface area contributed by atoms with E-state index in [4.69, 9.17) is 0 Å². The zero-order valence-electron chi connectivity index (χ0n) is 8.50. The first-order valence-corrected chi connectivity index (χ1v) is 5.81. The second-order valence-corrected chi connectivity index (χ2v) is 5.23. The van der Waals surface area contributed by atoms with Crippen LogP contribution in [0.25, 0.3) is 0 Å². The number of nitrogens with zero attached hydrogens (tertiary/aromatic N) is 1. The van der Waals surface area contributed by atoms with E-state index < -0.39 is 0 Å². The Morgan fingerprint density at radius 3 is 2.31 bits per heavy atom. The molecular formula is C11H20N2. The summed E-state index contributed by atoms with van der Waals surface area (Å²) in [7, 11) is 0. The highest BCUT2D eigenvalue weighted by Gasteiger charge is 2.40. The maximum absolute atomic E-state index is 3.83. The van der Waals surface area contributed by atoms with Crippen LogP contribution in [0.3, 0.4) is 0 Å². The lowest BCUT2D eigenvalue weighted by molar-refractivity contribution is 0.0714. The lowest BCUT2D eigenvalue weighted by atomic mass is 9.84. The monoisotopic (exact) mass is 180 g/mol. The molecule has 0 amide bonds. The molecule has 1 saturated carbocycles. The standard InChI is InChI=1S/C11H20N2/c1-8-6-10(8)12-11-7-13-4-2-9(11)3-5-13/h8-12H,2-7H2,1H3. The summed E-state index contributed by atoms with van der Waals surface area (Å²) in [6, 6.07) is 1.70. The van der Waals surface area contributed by atoms with Crippen molar-refractivity contribution in [1.29, 1.82) is 0 Å². The Bertz CT molecular complexity index is 196. The Balaban J connectivity index is 1.59. The first kappa shape index (κ1) is 8.25. The summed E-state index contributed by atoms with van der Waals surface area (Å²) in [4.78, 5) is 2.63. The number of rotatable bonds is 2. The van der Waals surface area contributed by atoms with Crippen LogP contribution in [0.5, 0.6) is 0 Å². The van der Waals surface area contributed by atoms with Gasteiger partial charge in [-0.15, -0.1) is 0 Å². The van der Waals surface area contributed by atoms with E-state index in [-0.39, 0.29) is 0 Å². The van der Waals surface area contributed by atoms with Gasteiger partial charge >= 0.3 is 0 Å². The molecule has 1 aliphatic carbocycles. The zero-order chi connectivity index (χ0) is 8.84. The molecule has 3 atom stereocenters. The Labute approximate surface area is 80.7 Å². The molecule has 2 heteroatoms. The van der Waals surface area contributed by atoms with Gasteiger partial charge in [0.1, 0.15) is 0 Å². The number of hydrogen-bond acceptors (Lipinski definition) is 2. The van der Waals surface area contributed by atoms with Gasteiger partial charge in [0.15, 0.2) is 0 Å². The summed E-state index contributed by atoms with van der Waals surface area (Å²) in [6.45, 7) is 6.42. The predicted molar refractivity (Wildman–Crippen MR) is 53.7 cm³/mol. The Morgan fingerprint density at radius 2 is 1.85 bits per heavy atom. The molecule has 0 aromatic rings. The molecule has 4 aliphatic rings. The van der Waals surface area contributed by atoms with Gasteiger partial charge in [0.25, 0.3) is 0 Å². The van der Waals surface area contributed by atoms with Gasteiger partial charge < -0.3 is 10.2 Å². The molecule has 0 aromatic heterocycles. The average Bonchev–Trinajstić information content (AvgIpc) is 2.84. The molecule has 2 bridgehead atoms. The lowest BCUT2D eigenvalue weighted by Crippen LogP contribution is -2.56. The molecule has 0 spiro atoms. The van der Waals surface area contributed by atoms with Gasteiger partial charge in [0.2, 0.25) is 0 Å². The first-order chi connectivity index (χ1) is 6.33. The van der Waals surface area contributed by atoms with Crippen molar-refractivity contribution in [3.63, 3.8) is 0 Å². The van der Waals surface area contributed by atoms with E-state index in [2.05, 4.69) is 17.1 Å². The van der Waals surface area contributed by atoms with Crippen molar-refractivity contribution in [2.24, 2.45) is 11.8 Å². The Hall–Kier alpha value is -0.0800. The van der Waals surface area contributed by atoms with Crippen LogP contribution in [0.2, 0.25) is 0 Å². The quantitative estimate of drug-likeness (QED) is 0.684. The zero-order valence-corrected chi connectivity index (χ0v) is 8.50. The van der Waals surface area contributed by atoms with Crippen molar-refractivity contribution in [1.82, 2.24) is 10.2 Å². The number of fused-ring (bicyclic) bond motifs is 3. The molecule has 4 fully saturated rings. The normalized spacial score (nSPS) is 53.8. The minimum atomic E-state index is 0.831. The fourth-order valence-corrected chi connectivity index (χ4v) is 2.98. The highest BCUT2D eigenvalue weighted by molar-refractivity contribution is 4.98. The van der Waals surface area contributed by atoms with Crippen LogP contribution in [0.1, 0.15) is 26.2 Å². The summed E-state index contributed by atoms with van der Waals surface area (Å²) in [6.07, 6.45) is 4.31. The van der Waals surface area contributed by atoms with E-state index in [0.29, 0.717) is 0 Å². The second-order valence-electron chi connectivity index (χ2n) is 5.23. The smallest absolute Gasteiger partial charge is 0.0226 e. The summed E-state index contributed by atoms with van der Waals surface area (Å²) < 4.78 is 0. The van der Waals surface area contributed by atoms with Gasteiger partial charge in [-0.2, -0.15) is 0 Å². The molecule has 3 saturated heterocycles. The fourth-order valence-electron chi connectivity index (χ4n) is 2.98. The van der Waals surface area contributed by atoms with Gasteiger partial charge in [-0.05, 0) is 44.2 Å². The SMILES string of the molecule is CC1CC1NC1CN2CCC1CC2. The topological polar surface area (TPSA) is 15.3 Å². The third kappa shape index (κ3) is 1.50. The minimum Gasteiger partial charge on any atom is -0.309 e. The molecular weight excluding hydrogens is 160 g/mol. The molecule has 0 aromatic carbocycles. The Kier molecular flexibility index (Phi) is 1.88. The summed E-state index contributed by atoms with van der Waals surface area (Å²) in [5.74, 6) is 1.95. The lowest BCUT2D eigenvalue weighted by Gasteiger charge is -2.45. The summed E-state index contributed by atoms with van der Waals surface area (Å²) >= 11 is 0. The van der Waals surface area contributed by atoms with Crippen molar-refractivity contribution in [2.75, 3.05) is 19.6 Å². The van der Waals surface area contributed by atoms with Crippen LogP contribution < -0.4 is 5.32 Å². The van der Waals surface area contributed by atoms with Gasteiger partial charge in [-0.25, -0.2) is 0 Å². The van der Waals surface area contributed by atoms with E-state index >= 15 is 0 Å². The van der Waals surface area contributed by atoms with Gasteiger partial charge in [-0.3, -0.25) is 0 Å². The van der Waals surface area contributed by atoms with Crippen molar-refractivity contribution in [3.8, 4) is 0 Å². The van der Waals surface area contributed by atoms with Crippen molar-refractivity contribution in [3.05, 3.63) is 0 Å². The van der Waals surface area contributed by atoms with E-state index in [1.165, 1.54) is 38.9 Å². The highest BCUT2D eigenvalue weighted by atomic mass is 15.2. The van der Waals surface area contributed by atoms with E-state index in [0.717, 1.165) is 23.9 Å². The molecule has 13 heavy (non-hydrogen) atoms. The second kappa shape index (κ2) is 2.96. The van der Waals surface area contributed by atoms with Gasteiger partial charge in [0, 0.05) is 18.6 Å². The van der Waals surface area contributed by atoms with E-state index in [9.17, 15) is 0 Å². The van der Waals surface area contributed by atoms with Crippen LogP contribution in [0.15, 0.2) is 0 Å². The summed E-state index contributed by atoms with van der Waals surface area (Å²) in [5.41, 5.74) is 0. The maximum Gasteiger partial charge on any atom is 0.0226 e. The number of nitrogens with one attached hydrogen (secondary N) is 1. The van der Waals surface area contributed by atoms with Crippen LogP contribution in [0, 0.1) is 11.8 Å². The molecule has 3 unspecified atom stereocenters. The fraction of sp³-hybridized carbons (Fsp3) is 1.00. The third-order valence-corrected chi connectivity index (χ3v) is 4.19. The highest BCUT2D eigenvalue weighted by Crippen LogP contribution is 2.33. The first-order valence-electron chi connectivity index (χ1n) is 5.81.